The number of ether oxygens (including phenoxy) is 7. The molecule has 4 saturated heterocycles. The Bertz CT molecular complexity index is 929. The molecule has 0 spiro atoms. The summed E-state index contributed by atoms with van der Waals surface area (Å²) in [4.78, 5) is 0. The fourth-order valence-electron chi connectivity index (χ4n) is 5.60. The van der Waals surface area contributed by atoms with E-state index in [1.54, 1.807) is 0 Å². The largest absolute Gasteiger partial charge is 0.394 e. The van der Waals surface area contributed by atoms with Gasteiger partial charge in [-0.05, 0) is 0 Å². The third kappa shape index (κ3) is 7.01. The molecule has 0 aromatic heterocycles. The molecule has 0 aliphatic carbocycles. The second kappa shape index (κ2) is 15.1. The second-order valence-corrected chi connectivity index (χ2v) is 11.2. The lowest BCUT2D eigenvalue weighted by atomic mass is 9.96. The maximum Gasteiger partial charge on any atom is 0.224 e. The number of hydrogen-bond acceptors (Lipinski definition) is 21. The Hall–Kier alpha value is -0.840. The second-order valence-electron chi connectivity index (χ2n) is 11.2. The van der Waals surface area contributed by atoms with Crippen molar-refractivity contribution in [1.29, 1.82) is 0 Å². The van der Waals surface area contributed by atoms with Gasteiger partial charge in [0.15, 0.2) is 18.9 Å². The van der Waals surface area contributed by atoms with Crippen LogP contribution in [-0.2, 0) is 33.2 Å². The lowest BCUT2D eigenvalue weighted by Crippen LogP contribution is -2.67. The fourth-order valence-corrected chi connectivity index (χ4v) is 5.60. The summed E-state index contributed by atoms with van der Waals surface area (Å²) in [6, 6.07) is 0. The highest BCUT2D eigenvalue weighted by atomic mass is 16.8. The van der Waals surface area contributed by atoms with Crippen molar-refractivity contribution in [2.24, 2.45) is 0 Å². The Morgan fingerprint density at radius 1 is 0.444 bits per heavy atom. The first-order chi connectivity index (χ1) is 21.3. The van der Waals surface area contributed by atoms with E-state index in [4.69, 9.17) is 33.2 Å². The molecule has 4 heterocycles. The number of aliphatic hydroxyl groups excluding tert-OH is 14. The summed E-state index contributed by atoms with van der Waals surface area (Å²) in [6.45, 7) is -4.54. The molecule has 19 atom stereocenters. The van der Waals surface area contributed by atoms with Crippen molar-refractivity contribution < 1.29 is 105 Å². The van der Waals surface area contributed by atoms with Crippen LogP contribution in [0.2, 0.25) is 0 Å². The molecule has 0 unspecified atom stereocenters. The van der Waals surface area contributed by atoms with Gasteiger partial charge >= 0.3 is 0 Å². The lowest BCUT2D eigenvalue weighted by Gasteiger charge is -2.48. The molecule has 0 saturated carbocycles. The van der Waals surface area contributed by atoms with Crippen LogP contribution in [0.15, 0.2) is 0 Å². The minimum Gasteiger partial charge on any atom is -0.394 e. The molecule has 264 valence electrons. The van der Waals surface area contributed by atoms with E-state index in [1.807, 2.05) is 0 Å². The van der Waals surface area contributed by atoms with E-state index in [0.717, 1.165) is 0 Å². The van der Waals surface area contributed by atoms with Gasteiger partial charge < -0.3 is 105 Å². The van der Waals surface area contributed by atoms with Gasteiger partial charge in [0.25, 0.3) is 0 Å². The van der Waals surface area contributed by atoms with Crippen LogP contribution >= 0.6 is 0 Å². The molecular weight excluding hydrogens is 624 g/mol. The van der Waals surface area contributed by atoms with E-state index in [2.05, 4.69) is 0 Å². The maximum atomic E-state index is 11.0. The van der Waals surface area contributed by atoms with Gasteiger partial charge in [-0.3, -0.25) is 0 Å². The summed E-state index contributed by atoms with van der Waals surface area (Å²) in [6.07, 6.45) is -32.4. The average Bonchev–Trinajstić information content (AvgIpc) is 3.28. The zero-order chi connectivity index (χ0) is 33.4. The van der Waals surface area contributed by atoms with Gasteiger partial charge in [0.1, 0.15) is 98.2 Å². The van der Waals surface area contributed by atoms with Crippen LogP contribution in [0.1, 0.15) is 0 Å². The van der Waals surface area contributed by atoms with Crippen LogP contribution in [0, 0.1) is 0 Å². The standard InChI is InChI=1S/C24H42O21/c25-1-6-10(30)13(33)15(35)21(39-6)43-19-11(31)7(2-26)40-22(17(19)37)42-18-9(4-28)41-23(16(36)14(18)34)45-24(5-29)20(38)12(32)8(3-27)44-24/h6-23,25-38H,1-5H2/t6-,7-,8-,9-,10-,11-,12-,13+,14-,15-,16-,17-,18-,19+,20+,21-,22-,23-,24+/m1/s1. The zero-order valence-corrected chi connectivity index (χ0v) is 23.5. The average molecular weight is 667 g/mol. The molecule has 4 aliphatic rings. The van der Waals surface area contributed by atoms with Crippen molar-refractivity contribution in [3.63, 3.8) is 0 Å². The SMILES string of the molecule is OC[C@H]1O[C@@](CO)(O[C@H]2O[C@H](CO)[C@@H](O[C@H]3O[C@H](CO)[C@@H](O)[C@H](O[C@H]4O[C@H](CO)[C@@H](O)[C@H](O)[C@H]4O)[C@H]3O)[C@H](O)[C@H]2O)[C@@H](O)[C@@H]1O. The van der Waals surface area contributed by atoms with E-state index in [0.29, 0.717) is 0 Å². The van der Waals surface area contributed by atoms with E-state index >= 15 is 0 Å². The van der Waals surface area contributed by atoms with Gasteiger partial charge in [0.05, 0.1) is 26.4 Å². The molecule has 0 radical (unpaired) electrons. The molecule has 21 heteroatoms. The van der Waals surface area contributed by atoms with Crippen LogP contribution in [0.4, 0.5) is 0 Å². The summed E-state index contributed by atoms with van der Waals surface area (Å²) in [7, 11) is 0. The first-order valence-corrected chi connectivity index (χ1v) is 14.1. The van der Waals surface area contributed by atoms with Crippen LogP contribution in [0.25, 0.3) is 0 Å². The Balaban J connectivity index is 1.49. The lowest BCUT2D eigenvalue weighted by molar-refractivity contribution is -0.403. The third-order valence-corrected chi connectivity index (χ3v) is 8.30. The van der Waals surface area contributed by atoms with Gasteiger partial charge in [-0.1, -0.05) is 0 Å². The van der Waals surface area contributed by atoms with Crippen molar-refractivity contribution in [3.8, 4) is 0 Å². The monoisotopic (exact) mass is 666 g/mol. The Morgan fingerprint density at radius 2 is 0.933 bits per heavy atom. The maximum absolute atomic E-state index is 11.0. The van der Waals surface area contributed by atoms with E-state index < -0.39 is 149 Å². The van der Waals surface area contributed by atoms with Gasteiger partial charge in [-0.25, -0.2) is 0 Å². The van der Waals surface area contributed by atoms with Crippen LogP contribution < -0.4 is 0 Å². The van der Waals surface area contributed by atoms with Crippen molar-refractivity contribution in [1.82, 2.24) is 0 Å². The Labute approximate surface area is 254 Å². The quantitative estimate of drug-likeness (QED) is 0.0973. The molecule has 21 nitrogen and oxygen atoms in total. The molecule has 0 aromatic carbocycles. The van der Waals surface area contributed by atoms with E-state index in [1.165, 1.54) is 0 Å². The highest BCUT2D eigenvalue weighted by molar-refractivity contribution is 5.00. The molecule has 45 heavy (non-hydrogen) atoms. The number of aliphatic hydroxyl groups is 14. The smallest absolute Gasteiger partial charge is 0.224 e. The minimum atomic E-state index is -2.44. The minimum absolute atomic E-state index is 0.788. The Morgan fingerprint density at radius 3 is 1.47 bits per heavy atom. The molecule has 14 N–H and O–H groups in total. The van der Waals surface area contributed by atoms with Crippen molar-refractivity contribution in [3.05, 3.63) is 0 Å². The van der Waals surface area contributed by atoms with Gasteiger partial charge in [0.2, 0.25) is 5.79 Å². The van der Waals surface area contributed by atoms with E-state index in [9.17, 15) is 71.5 Å². The molecule has 4 aliphatic heterocycles. The normalized spacial score (nSPS) is 52.7. The topological polar surface area (TPSA) is 348 Å². The summed E-state index contributed by atoms with van der Waals surface area (Å²) in [5.41, 5.74) is 0. The molecule has 0 amide bonds. The predicted molar refractivity (Wildman–Crippen MR) is 134 cm³/mol. The van der Waals surface area contributed by atoms with Gasteiger partial charge in [0, 0.05) is 0 Å². The van der Waals surface area contributed by atoms with E-state index in [-0.39, 0.29) is 0 Å². The summed E-state index contributed by atoms with van der Waals surface area (Å²) in [5, 5.41) is 143. The molecule has 4 rings (SSSR count). The number of hydrogen-bond donors (Lipinski definition) is 14. The highest BCUT2D eigenvalue weighted by Gasteiger charge is 2.59. The predicted octanol–water partition coefficient (Wildman–Crippen LogP) is -9.75. The van der Waals surface area contributed by atoms with Gasteiger partial charge in [-0.2, -0.15) is 0 Å². The fraction of sp³-hybridized carbons (Fsp3) is 1.00. The first-order valence-electron chi connectivity index (χ1n) is 14.1. The van der Waals surface area contributed by atoms with Crippen LogP contribution in [0.3, 0.4) is 0 Å². The van der Waals surface area contributed by atoms with Crippen LogP contribution in [-0.4, -0.2) is 221 Å². The summed E-state index contributed by atoms with van der Waals surface area (Å²) in [5.74, 6) is -2.44. The Kier molecular flexibility index (Phi) is 12.5. The zero-order valence-electron chi connectivity index (χ0n) is 23.5. The van der Waals surface area contributed by atoms with Crippen molar-refractivity contribution in [2.75, 3.05) is 33.0 Å². The summed E-state index contributed by atoms with van der Waals surface area (Å²) >= 11 is 0. The molecule has 0 aromatic rings. The molecule has 4 fully saturated rings. The number of rotatable bonds is 11. The molecular formula is C24H42O21. The summed E-state index contributed by atoms with van der Waals surface area (Å²) < 4.78 is 37.9. The van der Waals surface area contributed by atoms with Gasteiger partial charge in [-0.15, -0.1) is 0 Å². The highest BCUT2D eigenvalue weighted by Crippen LogP contribution is 2.37. The molecule has 0 bridgehead atoms. The van der Waals surface area contributed by atoms with Crippen LogP contribution in [0.5, 0.6) is 0 Å². The third-order valence-electron chi connectivity index (χ3n) is 8.30. The first kappa shape index (κ1) is 37.0. The van der Waals surface area contributed by atoms with Crippen molar-refractivity contribution >= 4 is 0 Å². The van der Waals surface area contributed by atoms with Crippen molar-refractivity contribution in [2.45, 2.75) is 116 Å².